The van der Waals surface area contributed by atoms with Crippen molar-refractivity contribution in [1.82, 2.24) is 4.90 Å². The van der Waals surface area contributed by atoms with E-state index in [2.05, 4.69) is 63.7 Å². The van der Waals surface area contributed by atoms with Crippen LogP contribution in [0.2, 0.25) is 0 Å². The fraction of sp³-hybridized carbons (Fsp3) is 0.667. The second-order valence-electron chi connectivity index (χ2n) is 5.14. The highest BCUT2D eigenvalue weighted by Crippen LogP contribution is 2.56. The van der Waals surface area contributed by atoms with E-state index in [9.17, 15) is 9.59 Å². The lowest BCUT2D eigenvalue weighted by molar-refractivity contribution is -0.139. The van der Waals surface area contributed by atoms with E-state index in [1.54, 1.807) is 0 Å². The van der Waals surface area contributed by atoms with Gasteiger partial charge in [0.2, 0.25) is 5.91 Å². The van der Waals surface area contributed by atoms with Gasteiger partial charge in [-0.05, 0) is 17.9 Å². The van der Waals surface area contributed by atoms with E-state index in [1.165, 1.54) is 4.90 Å². The molecule has 5 atom stereocenters. The molecule has 1 aliphatic heterocycles. The summed E-state index contributed by atoms with van der Waals surface area (Å²) in [4.78, 5) is 26.9. The Morgan fingerprint density at radius 2 is 2.00 bits per heavy atom. The largest absolute Gasteiger partial charge is 0.277 e. The number of allylic oxidation sites excluding steroid dienone is 1. The Morgan fingerprint density at radius 1 is 1.32 bits per heavy atom. The first-order chi connectivity index (χ1) is 8.97. The minimum atomic E-state index is -0.212. The van der Waals surface area contributed by atoms with Crippen molar-refractivity contribution in [3.63, 3.8) is 0 Å². The summed E-state index contributed by atoms with van der Waals surface area (Å²) in [6, 6.07) is 0. The van der Waals surface area contributed by atoms with Crippen LogP contribution in [0.4, 0.5) is 0 Å². The van der Waals surface area contributed by atoms with Gasteiger partial charge in [-0.25, -0.2) is 0 Å². The zero-order chi connectivity index (χ0) is 13.9. The van der Waals surface area contributed by atoms with Gasteiger partial charge in [0.15, 0.2) is 0 Å². The highest BCUT2D eigenvalue weighted by molar-refractivity contribution is 9.12. The first kappa shape index (κ1) is 14.7. The lowest BCUT2D eigenvalue weighted by Gasteiger charge is -2.23. The Bertz CT molecular complexity index is 492. The van der Waals surface area contributed by atoms with Crippen LogP contribution in [0.5, 0.6) is 0 Å². The van der Waals surface area contributed by atoms with Gasteiger partial charge in [-0.15, -0.1) is 0 Å². The molecular weight excluding hydrogens is 510 g/mol. The van der Waals surface area contributed by atoms with Crippen LogP contribution in [0.3, 0.4) is 0 Å². The van der Waals surface area contributed by atoms with Crippen molar-refractivity contribution in [2.75, 3.05) is 11.9 Å². The number of imide groups is 1. The standard InChI is InChI=1S/C12H11Br4NO2/c13-2-4(14)3-17-11(18)7-5-1-6(8(7)12(17)19)10(16)9(5)15/h4-5,7,9-10H,1-3H2. The molecule has 0 N–H and O–H groups in total. The number of hydrogen-bond acceptors (Lipinski definition) is 2. The predicted octanol–water partition coefficient (Wildman–Crippen LogP) is 2.99. The van der Waals surface area contributed by atoms with E-state index in [-0.39, 0.29) is 38.1 Å². The number of likely N-dealkylation sites (tertiary alicyclic amines) is 1. The highest BCUT2D eigenvalue weighted by Gasteiger charge is 2.59. The third-order valence-electron chi connectivity index (χ3n) is 4.12. The predicted molar refractivity (Wildman–Crippen MR) is 87.3 cm³/mol. The number of carbonyl (C=O) groups excluding carboxylic acids is 2. The number of hydrogen-bond donors (Lipinski definition) is 0. The first-order valence-electron chi connectivity index (χ1n) is 6.04. The Balaban J connectivity index is 1.94. The zero-order valence-corrected chi connectivity index (χ0v) is 16.1. The van der Waals surface area contributed by atoms with Crippen LogP contribution in [0.1, 0.15) is 6.42 Å². The minimum absolute atomic E-state index is 0.0192. The molecule has 7 heteroatoms. The summed E-state index contributed by atoms with van der Waals surface area (Å²) in [5, 5.41) is 0.714. The van der Waals surface area contributed by atoms with Crippen molar-refractivity contribution in [2.45, 2.75) is 20.9 Å². The Kier molecular flexibility index (Phi) is 4.04. The average Bonchev–Trinajstić information content (AvgIpc) is 2.98. The highest BCUT2D eigenvalue weighted by atomic mass is 79.9. The van der Waals surface area contributed by atoms with Crippen molar-refractivity contribution >= 4 is 75.5 Å². The summed E-state index contributed by atoms with van der Waals surface area (Å²) in [5.41, 5.74) is 1.89. The van der Waals surface area contributed by atoms with Crippen molar-refractivity contribution in [1.29, 1.82) is 0 Å². The maximum Gasteiger partial charge on any atom is 0.257 e. The molecule has 1 heterocycles. The van der Waals surface area contributed by atoms with E-state index in [0.29, 0.717) is 11.9 Å². The number of amides is 2. The maximum atomic E-state index is 12.5. The van der Waals surface area contributed by atoms with Crippen molar-refractivity contribution in [3.8, 4) is 0 Å². The van der Waals surface area contributed by atoms with Gasteiger partial charge in [0.1, 0.15) is 0 Å². The topological polar surface area (TPSA) is 37.4 Å². The molecule has 2 bridgehead atoms. The summed E-state index contributed by atoms with van der Waals surface area (Å²) in [5.74, 6) is -0.0831. The lowest BCUT2D eigenvalue weighted by Crippen LogP contribution is -2.37. The summed E-state index contributed by atoms with van der Waals surface area (Å²) in [7, 11) is 0. The number of nitrogens with zero attached hydrogens (tertiary/aromatic N) is 1. The normalized spacial score (nSPS) is 38.4. The van der Waals surface area contributed by atoms with Gasteiger partial charge in [0.05, 0.1) is 5.92 Å². The molecule has 2 amide bonds. The molecule has 5 unspecified atom stereocenters. The van der Waals surface area contributed by atoms with Crippen LogP contribution in [-0.4, -0.2) is 43.1 Å². The summed E-state index contributed by atoms with van der Waals surface area (Å²) in [6.45, 7) is 0.433. The van der Waals surface area contributed by atoms with Gasteiger partial charge in [-0.2, -0.15) is 0 Å². The van der Waals surface area contributed by atoms with Crippen LogP contribution in [-0.2, 0) is 9.59 Å². The Labute approximate surface area is 145 Å². The lowest BCUT2D eigenvalue weighted by atomic mass is 9.88. The SMILES string of the molecule is O=C1C2=C3CC(C2C(=O)N1CC(Br)CBr)C(Br)C3Br. The van der Waals surface area contributed by atoms with Crippen LogP contribution in [0, 0.1) is 11.8 Å². The summed E-state index contributed by atoms with van der Waals surface area (Å²) >= 11 is 14.1. The van der Waals surface area contributed by atoms with Crippen LogP contribution in [0.25, 0.3) is 0 Å². The molecule has 3 nitrogen and oxygen atoms in total. The molecule has 1 saturated heterocycles. The summed E-state index contributed by atoms with van der Waals surface area (Å²) in [6.07, 6.45) is 0.868. The molecule has 2 fully saturated rings. The van der Waals surface area contributed by atoms with Gasteiger partial charge >= 0.3 is 0 Å². The molecular formula is C12H11Br4NO2. The molecule has 3 rings (SSSR count). The average molecular weight is 521 g/mol. The van der Waals surface area contributed by atoms with Crippen molar-refractivity contribution in [3.05, 3.63) is 11.1 Å². The van der Waals surface area contributed by atoms with E-state index < -0.39 is 0 Å². The molecule has 0 aromatic heterocycles. The van der Waals surface area contributed by atoms with Gasteiger partial charge in [-0.3, -0.25) is 14.5 Å². The maximum absolute atomic E-state index is 12.5. The molecule has 0 aromatic rings. The fourth-order valence-electron chi connectivity index (χ4n) is 3.27. The van der Waals surface area contributed by atoms with Gasteiger partial charge < -0.3 is 0 Å². The van der Waals surface area contributed by atoms with Crippen LogP contribution >= 0.6 is 63.7 Å². The third kappa shape index (κ3) is 2.06. The second-order valence-corrected chi connectivity index (χ2v) is 9.12. The minimum Gasteiger partial charge on any atom is -0.277 e. The van der Waals surface area contributed by atoms with Crippen molar-refractivity contribution in [2.24, 2.45) is 11.8 Å². The number of alkyl halides is 4. The number of carbonyl (C=O) groups is 2. The van der Waals surface area contributed by atoms with Gasteiger partial charge in [0.25, 0.3) is 5.91 Å². The Morgan fingerprint density at radius 3 is 2.63 bits per heavy atom. The van der Waals surface area contributed by atoms with Gasteiger partial charge in [0, 0.05) is 31.9 Å². The molecule has 0 aromatic carbocycles. The zero-order valence-electron chi connectivity index (χ0n) is 9.78. The molecule has 104 valence electrons. The van der Waals surface area contributed by atoms with Crippen LogP contribution < -0.4 is 0 Å². The Hall–Kier alpha value is 0.800. The number of fused-ring (bicyclic) bond motifs is 4. The van der Waals surface area contributed by atoms with Crippen LogP contribution in [0.15, 0.2) is 11.1 Å². The smallest absolute Gasteiger partial charge is 0.257 e. The van der Waals surface area contributed by atoms with E-state index in [1.807, 2.05) is 0 Å². The molecule has 19 heavy (non-hydrogen) atoms. The molecule has 3 aliphatic rings. The molecule has 0 spiro atoms. The number of rotatable bonds is 3. The van der Waals surface area contributed by atoms with E-state index >= 15 is 0 Å². The first-order valence-corrected chi connectivity index (χ1v) is 9.91. The molecule has 0 radical (unpaired) electrons. The van der Waals surface area contributed by atoms with Crippen molar-refractivity contribution < 1.29 is 9.59 Å². The quantitative estimate of drug-likeness (QED) is 0.424. The van der Waals surface area contributed by atoms with Gasteiger partial charge in [-0.1, -0.05) is 63.7 Å². The van der Waals surface area contributed by atoms with E-state index in [0.717, 1.165) is 17.6 Å². The number of halogens is 4. The molecule has 2 aliphatic carbocycles. The molecule has 1 saturated carbocycles. The van der Waals surface area contributed by atoms with E-state index in [4.69, 9.17) is 0 Å². The monoisotopic (exact) mass is 517 g/mol. The fourth-order valence-corrected chi connectivity index (χ4v) is 5.40. The second kappa shape index (κ2) is 5.21. The third-order valence-corrected chi connectivity index (χ3v) is 9.42. The summed E-state index contributed by atoms with van der Waals surface area (Å²) < 4.78 is 0.